The van der Waals surface area contributed by atoms with Crippen molar-refractivity contribution in [2.45, 2.75) is 32.4 Å². The van der Waals surface area contributed by atoms with Gasteiger partial charge in [-0.2, -0.15) is 0 Å². The van der Waals surface area contributed by atoms with Gasteiger partial charge in [-0.25, -0.2) is 4.79 Å². The van der Waals surface area contributed by atoms with Gasteiger partial charge in [0.25, 0.3) is 0 Å². The molecule has 0 radical (unpaired) electrons. The summed E-state index contributed by atoms with van der Waals surface area (Å²) in [6.45, 7) is 3.63. The topological polar surface area (TPSA) is 61.4 Å². The highest BCUT2D eigenvalue weighted by Crippen LogP contribution is 2.25. The molecule has 2 unspecified atom stereocenters. The van der Waals surface area contributed by atoms with Crippen molar-refractivity contribution in [3.8, 4) is 0 Å². The molecule has 3 N–H and O–H groups in total. The number of hydrogen-bond acceptors (Lipinski definition) is 2. The summed E-state index contributed by atoms with van der Waals surface area (Å²) in [4.78, 5) is 11.7. The Labute approximate surface area is 123 Å². The molecule has 0 heterocycles. The van der Waals surface area contributed by atoms with Crippen molar-refractivity contribution in [1.29, 1.82) is 0 Å². The number of amides is 2. The molecule has 1 aromatic rings. The molecule has 0 saturated heterocycles. The van der Waals surface area contributed by atoms with Crippen molar-refractivity contribution in [2.75, 3.05) is 6.61 Å². The van der Waals surface area contributed by atoms with Crippen LogP contribution < -0.4 is 10.6 Å². The van der Waals surface area contributed by atoms with Gasteiger partial charge in [0.1, 0.15) is 0 Å². The number of nitrogens with one attached hydrogen (secondary N) is 2. The Morgan fingerprint density at radius 1 is 1.37 bits per heavy atom. The van der Waals surface area contributed by atoms with Crippen LogP contribution in [0.4, 0.5) is 4.79 Å². The van der Waals surface area contributed by atoms with E-state index in [9.17, 15) is 4.79 Å². The third-order valence-corrected chi connectivity index (χ3v) is 3.39. The van der Waals surface area contributed by atoms with Crippen LogP contribution in [0.15, 0.2) is 18.2 Å². The number of rotatable bonds is 5. The molecule has 0 fully saturated rings. The maximum atomic E-state index is 11.7. The largest absolute Gasteiger partial charge is 0.394 e. The number of hydrogen-bond donors (Lipinski definition) is 3. The number of halogens is 2. The van der Waals surface area contributed by atoms with E-state index in [4.69, 9.17) is 28.3 Å². The second kappa shape index (κ2) is 7.58. The minimum Gasteiger partial charge on any atom is -0.394 e. The van der Waals surface area contributed by atoms with Gasteiger partial charge in [-0.3, -0.25) is 0 Å². The normalized spacial score (nSPS) is 13.7. The third-order valence-electron chi connectivity index (χ3n) is 2.83. The second-order valence-corrected chi connectivity index (χ2v) is 5.14. The molecule has 0 aliphatic rings. The number of urea groups is 1. The highest BCUT2D eigenvalue weighted by molar-refractivity contribution is 6.35. The predicted molar refractivity (Wildman–Crippen MR) is 77.7 cm³/mol. The first-order valence-electron chi connectivity index (χ1n) is 6.10. The monoisotopic (exact) mass is 304 g/mol. The van der Waals surface area contributed by atoms with Crippen LogP contribution in [-0.4, -0.2) is 23.8 Å². The van der Waals surface area contributed by atoms with Crippen LogP contribution in [0.1, 0.15) is 31.9 Å². The number of aliphatic hydroxyl groups excluding tert-OH is 1. The summed E-state index contributed by atoms with van der Waals surface area (Å²) in [7, 11) is 0. The fourth-order valence-corrected chi connectivity index (χ4v) is 2.20. The molecule has 0 aliphatic carbocycles. The van der Waals surface area contributed by atoms with Crippen molar-refractivity contribution in [2.24, 2.45) is 0 Å². The van der Waals surface area contributed by atoms with Crippen molar-refractivity contribution >= 4 is 29.2 Å². The van der Waals surface area contributed by atoms with Gasteiger partial charge >= 0.3 is 6.03 Å². The predicted octanol–water partition coefficient (Wildman–Crippen LogP) is 3.12. The fourth-order valence-electron chi connectivity index (χ4n) is 1.63. The van der Waals surface area contributed by atoms with E-state index in [2.05, 4.69) is 10.6 Å². The van der Waals surface area contributed by atoms with Crippen LogP contribution in [0.25, 0.3) is 0 Å². The lowest BCUT2D eigenvalue weighted by Crippen LogP contribution is -2.44. The molecule has 1 aromatic carbocycles. The summed E-state index contributed by atoms with van der Waals surface area (Å²) in [5.74, 6) is 0. The van der Waals surface area contributed by atoms with E-state index in [0.29, 0.717) is 16.5 Å². The first kappa shape index (κ1) is 16.1. The Bertz CT molecular complexity index is 437. The number of carbonyl (C=O) groups excluding carboxylic acids is 1. The molecule has 0 saturated carbocycles. The Morgan fingerprint density at radius 3 is 2.58 bits per heavy atom. The van der Waals surface area contributed by atoms with Gasteiger partial charge in [0.2, 0.25) is 0 Å². The van der Waals surface area contributed by atoms with Crippen LogP contribution in [-0.2, 0) is 0 Å². The molecule has 19 heavy (non-hydrogen) atoms. The first-order chi connectivity index (χ1) is 8.97. The van der Waals surface area contributed by atoms with Crippen molar-refractivity contribution in [1.82, 2.24) is 10.6 Å². The van der Waals surface area contributed by atoms with Gasteiger partial charge in [-0.15, -0.1) is 0 Å². The third kappa shape index (κ3) is 4.90. The average Bonchev–Trinajstić information content (AvgIpc) is 2.35. The SMILES string of the molecule is CCC(CO)NC(=O)NC(C)c1ccc(Cl)cc1Cl. The molecule has 0 spiro atoms. The number of aliphatic hydroxyl groups is 1. The van der Waals surface area contributed by atoms with E-state index in [1.807, 2.05) is 13.8 Å². The highest BCUT2D eigenvalue weighted by Gasteiger charge is 2.14. The zero-order valence-corrected chi connectivity index (χ0v) is 12.4. The highest BCUT2D eigenvalue weighted by atomic mass is 35.5. The molecule has 106 valence electrons. The lowest BCUT2D eigenvalue weighted by Gasteiger charge is -2.19. The summed E-state index contributed by atoms with van der Waals surface area (Å²) in [5, 5.41) is 15.5. The lowest BCUT2D eigenvalue weighted by atomic mass is 10.1. The maximum Gasteiger partial charge on any atom is 0.315 e. The smallest absolute Gasteiger partial charge is 0.315 e. The average molecular weight is 305 g/mol. The zero-order chi connectivity index (χ0) is 14.4. The Morgan fingerprint density at radius 2 is 2.05 bits per heavy atom. The van der Waals surface area contributed by atoms with Gasteiger partial charge in [0.05, 0.1) is 18.7 Å². The quantitative estimate of drug-likeness (QED) is 0.782. The van der Waals surface area contributed by atoms with Crippen LogP contribution in [0.3, 0.4) is 0 Å². The molecule has 0 bridgehead atoms. The van der Waals surface area contributed by atoms with E-state index in [1.54, 1.807) is 18.2 Å². The van der Waals surface area contributed by atoms with Crippen LogP contribution in [0.2, 0.25) is 10.0 Å². The van der Waals surface area contributed by atoms with E-state index in [0.717, 1.165) is 5.56 Å². The molecule has 4 nitrogen and oxygen atoms in total. The minimum atomic E-state index is -0.334. The summed E-state index contributed by atoms with van der Waals surface area (Å²) >= 11 is 11.9. The Balaban J connectivity index is 2.63. The van der Waals surface area contributed by atoms with Crippen molar-refractivity contribution in [3.05, 3.63) is 33.8 Å². The van der Waals surface area contributed by atoms with E-state index in [-0.39, 0.29) is 24.7 Å². The number of benzene rings is 1. The van der Waals surface area contributed by atoms with Gasteiger partial charge in [-0.05, 0) is 31.0 Å². The first-order valence-corrected chi connectivity index (χ1v) is 6.86. The fraction of sp³-hybridized carbons (Fsp3) is 0.462. The molecule has 2 atom stereocenters. The molecule has 0 aliphatic heterocycles. The van der Waals surface area contributed by atoms with Crippen LogP contribution in [0.5, 0.6) is 0 Å². The van der Waals surface area contributed by atoms with Crippen LogP contribution >= 0.6 is 23.2 Å². The molecular weight excluding hydrogens is 287 g/mol. The Hall–Kier alpha value is -0.970. The second-order valence-electron chi connectivity index (χ2n) is 4.29. The molecule has 0 aromatic heterocycles. The minimum absolute atomic E-state index is 0.0833. The molecular formula is C13H18Cl2N2O2. The lowest BCUT2D eigenvalue weighted by molar-refractivity contribution is 0.212. The standard InChI is InChI=1S/C13H18Cl2N2O2/c1-3-10(7-18)17-13(19)16-8(2)11-5-4-9(14)6-12(11)15/h4-6,8,10,18H,3,7H2,1-2H3,(H2,16,17,19). The summed E-state index contributed by atoms with van der Waals surface area (Å²) in [6.07, 6.45) is 0.667. The molecule has 1 rings (SSSR count). The van der Waals surface area contributed by atoms with Crippen molar-refractivity contribution in [3.63, 3.8) is 0 Å². The van der Waals surface area contributed by atoms with Gasteiger partial charge in [-0.1, -0.05) is 36.2 Å². The molecule has 2 amide bonds. The van der Waals surface area contributed by atoms with E-state index >= 15 is 0 Å². The van der Waals surface area contributed by atoms with E-state index < -0.39 is 0 Å². The zero-order valence-electron chi connectivity index (χ0n) is 10.9. The van der Waals surface area contributed by atoms with Gasteiger partial charge < -0.3 is 15.7 Å². The van der Waals surface area contributed by atoms with Gasteiger partial charge in [0, 0.05) is 10.0 Å². The van der Waals surface area contributed by atoms with Crippen LogP contribution in [0, 0.1) is 0 Å². The maximum absolute atomic E-state index is 11.7. The Kier molecular flexibility index (Phi) is 6.42. The summed E-state index contributed by atoms with van der Waals surface area (Å²) in [5.41, 5.74) is 0.790. The number of carbonyl (C=O) groups is 1. The van der Waals surface area contributed by atoms with Crippen molar-refractivity contribution < 1.29 is 9.90 Å². The van der Waals surface area contributed by atoms with E-state index in [1.165, 1.54) is 0 Å². The molecule has 6 heteroatoms. The van der Waals surface area contributed by atoms with Gasteiger partial charge in [0.15, 0.2) is 0 Å². The summed E-state index contributed by atoms with van der Waals surface area (Å²) in [6, 6.07) is 4.31. The summed E-state index contributed by atoms with van der Waals surface area (Å²) < 4.78 is 0.